The van der Waals surface area contributed by atoms with Crippen LogP contribution in [0.4, 0.5) is 5.69 Å². The number of anilines is 1. The molecule has 0 bridgehead atoms. The van der Waals surface area contributed by atoms with Gasteiger partial charge in [0.25, 0.3) is 0 Å². The van der Waals surface area contributed by atoms with Crippen LogP contribution in [0.3, 0.4) is 0 Å². The standard InChI is InChI=1S/C21H27NO2/c1-4-16-7-11-18(12-8-16)20(21(23)24)15-17-9-13-19(14-10-17)22(5-2)6-3/h7-14,20H,4-6,15H2,1-3H3,(H,23,24). The highest BCUT2D eigenvalue weighted by Crippen LogP contribution is 2.24. The average Bonchev–Trinajstić information content (AvgIpc) is 2.62. The molecule has 128 valence electrons. The molecule has 1 atom stereocenters. The second-order valence-electron chi connectivity index (χ2n) is 6.03. The van der Waals surface area contributed by atoms with Gasteiger partial charge in [0.15, 0.2) is 0 Å². The van der Waals surface area contributed by atoms with Crippen molar-refractivity contribution in [3.8, 4) is 0 Å². The third-order valence-corrected chi connectivity index (χ3v) is 4.59. The zero-order valence-electron chi connectivity index (χ0n) is 14.8. The van der Waals surface area contributed by atoms with Crippen LogP contribution in [0.15, 0.2) is 48.5 Å². The number of aryl methyl sites for hydroxylation is 1. The summed E-state index contributed by atoms with van der Waals surface area (Å²) >= 11 is 0. The molecule has 2 aromatic carbocycles. The van der Waals surface area contributed by atoms with E-state index in [9.17, 15) is 9.90 Å². The lowest BCUT2D eigenvalue weighted by molar-refractivity contribution is -0.138. The normalized spacial score (nSPS) is 12.0. The summed E-state index contributed by atoms with van der Waals surface area (Å²) in [6.45, 7) is 8.31. The topological polar surface area (TPSA) is 40.5 Å². The maximum Gasteiger partial charge on any atom is 0.311 e. The van der Waals surface area contributed by atoms with Crippen molar-refractivity contribution in [3.05, 3.63) is 65.2 Å². The fraction of sp³-hybridized carbons (Fsp3) is 0.381. The summed E-state index contributed by atoms with van der Waals surface area (Å²) in [4.78, 5) is 14.0. The van der Waals surface area contributed by atoms with Crippen LogP contribution in [-0.2, 0) is 17.6 Å². The van der Waals surface area contributed by atoms with E-state index >= 15 is 0 Å². The van der Waals surface area contributed by atoms with Crippen LogP contribution in [0.25, 0.3) is 0 Å². The molecule has 3 nitrogen and oxygen atoms in total. The first-order chi connectivity index (χ1) is 11.6. The lowest BCUT2D eigenvalue weighted by atomic mass is 9.91. The Morgan fingerprint density at radius 1 is 0.917 bits per heavy atom. The predicted octanol–water partition coefficient (Wildman–Crippen LogP) is 4.51. The van der Waals surface area contributed by atoms with E-state index < -0.39 is 11.9 Å². The summed E-state index contributed by atoms with van der Waals surface area (Å²) in [6.07, 6.45) is 1.48. The molecule has 0 heterocycles. The lowest BCUT2D eigenvalue weighted by Crippen LogP contribution is -2.21. The van der Waals surface area contributed by atoms with Gasteiger partial charge in [0.05, 0.1) is 5.92 Å². The van der Waals surface area contributed by atoms with Gasteiger partial charge in [0, 0.05) is 18.8 Å². The van der Waals surface area contributed by atoms with E-state index in [1.165, 1.54) is 11.3 Å². The zero-order valence-corrected chi connectivity index (χ0v) is 14.8. The molecular weight excluding hydrogens is 298 g/mol. The van der Waals surface area contributed by atoms with Crippen molar-refractivity contribution in [2.45, 2.75) is 39.5 Å². The minimum absolute atomic E-state index is 0.504. The van der Waals surface area contributed by atoms with Crippen LogP contribution < -0.4 is 4.90 Å². The van der Waals surface area contributed by atoms with E-state index in [0.29, 0.717) is 6.42 Å². The molecule has 1 unspecified atom stereocenters. The maximum absolute atomic E-state index is 11.7. The molecule has 0 spiro atoms. The van der Waals surface area contributed by atoms with Crippen molar-refractivity contribution in [1.82, 2.24) is 0 Å². The van der Waals surface area contributed by atoms with Crippen molar-refractivity contribution < 1.29 is 9.90 Å². The number of hydrogen-bond acceptors (Lipinski definition) is 2. The van der Waals surface area contributed by atoms with E-state index in [4.69, 9.17) is 0 Å². The molecule has 3 heteroatoms. The molecule has 24 heavy (non-hydrogen) atoms. The Kier molecular flexibility index (Phi) is 6.42. The number of carboxylic acids is 1. The Balaban J connectivity index is 2.16. The van der Waals surface area contributed by atoms with Gasteiger partial charge in [-0.3, -0.25) is 4.79 Å². The smallest absolute Gasteiger partial charge is 0.311 e. The molecule has 0 aliphatic carbocycles. The summed E-state index contributed by atoms with van der Waals surface area (Å²) in [5.41, 5.74) is 4.33. The Labute approximate surface area is 144 Å². The lowest BCUT2D eigenvalue weighted by Gasteiger charge is -2.21. The van der Waals surface area contributed by atoms with Crippen LogP contribution in [-0.4, -0.2) is 24.2 Å². The van der Waals surface area contributed by atoms with Gasteiger partial charge in [-0.05, 0) is 55.5 Å². The second kappa shape index (κ2) is 8.53. The third kappa shape index (κ3) is 4.38. The van der Waals surface area contributed by atoms with Gasteiger partial charge < -0.3 is 10.0 Å². The molecule has 0 radical (unpaired) electrons. The summed E-state index contributed by atoms with van der Waals surface area (Å²) in [6, 6.07) is 16.2. The minimum atomic E-state index is -0.771. The highest BCUT2D eigenvalue weighted by atomic mass is 16.4. The summed E-state index contributed by atoms with van der Waals surface area (Å²) in [7, 11) is 0. The first kappa shape index (κ1) is 18.1. The van der Waals surface area contributed by atoms with Gasteiger partial charge in [0.2, 0.25) is 0 Å². The molecule has 0 aliphatic rings. The van der Waals surface area contributed by atoms with Crippen LogP contribution in [0, 0.1) is 0 Å². The molecule has 0 amide bonds. The Morgan fingerprint density at radius 3 is 1.92 bits per heavy atom. The van der Waals surface area contributed by atoms with Gasteiger partial charge in [-0.25, -0.2) is 0 Å². The average molecular weight is 325 g/mol. The van der Waals surface area contributed by atoms with Gasteiger partial charge in [-0.1, -0.05) is 43.3 Å². The van der Waals surface area contributed by atoms with Crippen molar-refractivity contribution in [3.63, 3.8) is 0 Å². The number of carboxylic acid groups (broad SMARTS) is 1. The highest BCUT2D eigenvalue weighted by molar-refractivity contribution is 5.76. The van der Waals surface area contributed by atoms with Gasteiger partial charge in [-0.2, -0.15) is 0 Å². The Bertz CT molecular complexity index is 643. The van der Waals surface area contributed by atoms with E-state index in [2.05, 4.69) is 37.8 Å². The number of benzene rings is 2. The van der Waals surface area contributed by atoms with Crippen LogP contribution in [0.2, 0.25) is 0 Å². The van der Waals surface area contributed by atoms with Gasteiger partial charge in [-0.15, -0.1) is 0 Å². The monoisotopic (exact) mass is 325 g/mol. The second-order valence-corrected chi connectivity index (χ2v) is 6.03. The number of hydrogen-bond donors (Lipinski definition) is 1. The molecule has 2 aromatic rings. The summed E-state index contributed by atoms with van der Waals surface area (Å²) in [5, 5.41) is 9.63. The quantitative estimate of drug-likeness (QED) is 0.776. The molecule has 0 fully saturated rings. The largest absolute Gasteiger partial charge is 0.481 e. The zero-order chi connectivity index (χ0) is 17.5. The van der Waals surface area contributed by atoms with Crippen LogP contribution in [0.1, 0.15) is 43.4 Å². The predicted molar refractivity (Wildman–Crippen MR) is 99.9 cm³/mol. The highest BCUT2D eigenvalue weighted by Gasteiger charge is 2.20. The molecule has 0 saturated heterocycles. The van der Waals surface area contributed by atoms with E-state index in [-0.39, 0.29) is 0 Å². The van der Waals surface area contributed by atoms with Crippen molar-refractivity contribution in [2.75, 3.05) is 18.0 Å². The Hall–Kier alpha value is -2.29. The molecular formula is C21H27NO2. The van der Waals surface area contributed by atoms with E-state index in [0.717, 1.165) is 30.6 Å². The van der Waals surface area contributed by atoms with Gasteiger partial charge >= 0.3 is 5.97 Å². The summed E-state index contributed by atoms with van der Waals surface area (Å²) < 4.78 is 0. The molecule has 1 N–H and O–H groups in total. The first-order valence-corrected chi connectivity index (χ1v) is 8.74. The Morgan fingerprint density at radius 2 is 1.46 bits per heavy atom. The molecule has 0 aromatic heterocycles. The van der Waals surface area contributed by atoms with Gasteiger partial charge in [0.1, 0.15) is 0 Å². The minimum Gasteiger partial charge on any atom is -0.481 e. The fourth-order valence-corrected chi connectivity index (χ4v) is 3.00. The number of aliphatic carboxylic acids is 1. The van der Waals surface area contributed by atoms with Crippen molar-refractivity contribution >= 4 is 11.7 Å². The summed E-state index contributed by atoms with van der Waals surface area (Å²) in [5.74, 6) is -1.28. The van der Waals surface area contributed by atoms with E-state index in [1.54, 1.807) is 0 Å². The van der Waals surface area contributed by atoms with Crippen LogP contribution in [0.5, 0.6) is 0 Å². The molecule has 0 aliphatic heterocycles. The SMILES string of the molecule is CCc1ccc(C(Cc2ccc(N(CC)CC)cc2)C(=O)O)cc1. The fourth-order valence-electron chi connectivity index (χ4n) is 3.00. The van der Waals surface area contributed by atoms with Crippen molar-refractivity contribution in [1.29, 1.82) is 0 Å². The van der Waals surface area contributed by atoms with Crippen LogP contribution >= 0.6 is 0 Å². The number of rotatable bonds is 8. The first-order valence-electron chi connectivity index (χ1n) is 8.74. The number of nitrogens with zero attached hydrogens (tertiary/aromatic N) is 1. The van der Waals surface area contributed by atoms with E-state index in [1.807, 2.05) is 36.4 Å². The number of carbonyl (C=O) groups is 1. The maximum atomic E-state index is 11.7. The molecule has 2 rings (SSSR count). The third-order valence-electron chi connectivity index (χ3n) is 4.59. The van der Waals surface area contributed by atoms with Crippen molar-refractivity contribution in [2.24, 2.45) is 0 Å². The molecule has 0 saturated carbocycles.